The summed E-state index contributed by atoms with van der Waals surface area (Å²) in [4.78, 5) is 11.5. The van der Waals surface area contributed by atoms with Gasteiger partial charge in [0, 0.05) is 5.38 Å². The molecule has 0 fully saturated rings. The maximum absolute atomic E-state index is 11.5. The lowest BCUT2D eigenvalue weighted by molar-refractivity contribution is 0.0498. The summed E-state index contributed by atoms with van der Waals surface area (Å²) < 4.78 is 27.0. The summed E-state index contributed by atoms with van der Waals surface area (Å²) in [6, 6.07) is 1.24. The minimum absolute atomic E-state index is 0.0296. The smallest absolute Gasteiger partial charge is 0.339 e. The van der Waals surface area contributed by atoms with E-state index in [9.17, 15) is 13.2 Å². The van der Waals surface area contributed by atoms with Crippen LogP contribution >= 0.6 is 11.3 Å². The maximum Gasteiger partial charge on any atom is 0.339 e. The van der Waals surface area contributed by atoms with Crippen LogP contribution in [0.4, 0.5) is 0 Å². The first-order chi connectivity index (χ1) is 7.95. The Kier molecular flexibility index (Phi) is 5.10. The van der Waals surface area contributed by atoms with Crippen molar-refractivity contribution in [1.82, 2.24) is 0 Å². The molecule has 2 N–H and O–H groups in total. The van der Waals surface area contributed by atoms with E-state index in [-0.39, 0.29) is 9.77 Å². The Bertz CT molecular complexity index is 478. The van der Waals surface area contributed by atoms with Gasteiger partial charge in [-0.3, -0.25) is 0 Å². The number of carbonyl (C=O) groups is 1. The first-order valence-electron chi connectivity index (χ1n) is 5.23. The van der Waals surface area contributed by atoms with Crippen LogP contribution in [-0.2, 0) is 14.8 Å². The Hall–Kier alpha value is -0.920. The van der Waals surface area contributed by atoms with Gasteiger partial charge in [0.05, 0.1) is 12.2 Å². The fourth-order valence-electron chi connectivity index (χ4n) is 1.17. The van der Waals surface area contributed by atoms with Gasteiger partial charge < -0.3 is 4.74 Å². The monoisotopic (exact) mass is 277 g/mol. The van der Waals surface area contributed by atoms with E-state index in [1.54, 1.807) is 0 Å². The molecule has 1 aromatic rings. The molecule has 0 aliphatic rings. The van der Waals surface area contributed by atoms with Crippen molar-refractivity contribution in [2.45, 2.75) is 30.4 Å². The predicted molar refractivity (Wildman–Crippen MR) is 65.5 cm³/mol. The van der Waals surface area contributed by atoms with Gasteiger partial charge in [0.25, 0.3) is 0 Å². The van der Waals surface area contributed by atoms with Crippen molar-refractivity contribution < 1.29 is 17.9 Å². The van der Waals surface area contributed by atoms with Gasteiger partial charge in [-0.05, 0) is 12.5 Å². The maximum atomic E-state index is 11.5. The first-order valence-corrected chi connectivity index (χ1v) is 7.66. The topological polar surface area (TPSA) is 86.5 Å². The van der Waals surface area contributed by atoms with Crippen molar-refractivity contribution in [3.05, 3.63) is 17.0 Å². The minimum Gasteiger partial charge on any atom is -0.462 e. The highest BCUT2D eigenvalue weighted by Crippen LogP contribution is 2.19. The number of ether oxygens (including phenoxy) is 1. The number of thiophene rings is 1. The molecule has 0 aromatic carbocycles. The van der Waals surface area contributed by atoms with Crippen LogP contribution in [0, 0.1) is 0 Å². The summed E-state index contributed by atoms with van der Waals surface area (Å²) in [6.45, 7) is 2.41. The van der Waals surface area contributed by atoms with Crippen LogP contribution in [0.5, 0.6) is 0 Å². The highest BCUT2D eigenvalue weighted by atomic mass is 32.2. The summed E-state index contributed by atoms with van der Waals surface area (Å²) in [5.74, 6) is -0.507. The number of sulfonamides is 1. The number of hydrogen-bond donors (Lipinski definition) is 1. The molecule has 7 heteroatoms. The van der Waals surface area contributed by atoms with E-state index in [1.807, 2.05) is 0 Å². The molecule has 0 atom stereocenters. The van der Waals surface area contributed by atoms with E-state index in [0.717, 1.165) is 30.6 Å². The fourth-order valence-corrected chi connectivity index (χ4v) is 2.75. The van der Waals surface area contributed by atoms with Gasteiger partial charge in [-0.25, -0.2) is 18.4 Å². The van der Waals surface area contributed by atoms with Gasteiger partial charge in [0.2, 0.25) is 10.0 Å². The van der Waals surface area contributed by atoms with E-state index >= 15 is 0 Å². The zero-order valence-corrected chi connectivity index (χ0v) is 11.1. The first kappa shape index (κ1) is 14.1. The fraction of sp³-hybridized carbons (Fsp3) is 0.500. The molecule has 0 aliphatic heterocycles. The summed E-state index contributed by atoms with van der Waals surface area (Å²) in [5, 5.41) is 6.37. The molecule has 0 aliphatic carbocycles. The lowest BCUT2D eigenvalue weighted by Crippen LogP contribution is -2.10. The van der Waals surface area contributed by atoms with Crippen molar-refractivity contribution in [3.8, 4) is 0 Å². The molecule has 0 saturated carbocycles. The normalized spacial score (nSPS) is 11.4. The molecule has 0 spiro atoms. The summed E-state index contributed by atoms with van der Waals surface area (Å²) in [6.07, 6.45) is 2.86. The quantitative estimate of drug-likeness (QED) is 0.634. The molecule has 1 heterocycles. The average molecular weight is 277 g/mol. The summed E-state index contributed by atoms with van der Waals surface area (Å²) in [5.41, 5.74) is 0.232. The molecule has 96 valence electrons. The molecular weight excluding hydrogens is 262 g/mol. The Morgan fingerprint density at radius 3 is 2.71 bits per heavy atom. The van der Waals surface area contributed by atoms with E-state index < -0.39 is 16.0 Å². The van der Waals surface area contributed by atoms with E-state index in [0.29, 0.717) is 6.61 Å². The third-order valence-corrected chi connectivity index (χ3v) is 4.46. The third-order valence-electron chi connectivity index (χ3n) is 2.07. The lowest BCUT2D eigenvalue weighted by Gasteiger charge is -2.01. The molecule has 17 heavy (non-hydrogen) atoms. The van der Waals surface area contributed by atoms with Gasteiger partial charge in [0.1, 0.15) is 4.21 Å². The van der Waals surface area contributed by atoms with Crippen LogP contribution in [0.3, 0.4) is 0 Å². The number of primary sulfonamides is 1. The Labute approximate surface area is 105 Å². The molecule has 0 saturated heterocycles. The second-order valence-corrected chi connectivity index (χ2v) is 6.24. The molecule has 0 unspecified atom stereocenters. The Morgan fingerprint density at radius 2 is 2.18 bits per heavy atom. The number of hydrogen-bond acceptors (Lipinski definition) is 5. The van der Waals surface area contributed by atoms with Crippen LogP contribution < -0.4 is 5.14 Å². The predicted octanol–water partition coefficient (Wildman–Crippen LogP) is 1.74. The van der Waals surface area contributed by atoms with Crippen LogP contribution in [0.25, 0.3) is 0 Å². The van der Waals surface area contributed by atoms with Crippen molar-refractivity contribution in [2.75, 3.05) is 6.61 Å². The molecule has 0 radical (unpaired) electrons. The van der Waals surface area contributed by atoms with E-state index in [1.165, 1.54) is 11.4 Å². The van der Waals surface area contributed by atoms with Gasteiger partial charge in [0.15, 0.2) is 0 Å². The van der Waals surface area contributed by atoms with Crippen molar-refractivity contribution in [3.63, 3.8) is 0 Å². The van der Waals surface area contributed by atoms with Crippen LogP contribution in [0.1, 0.15) is 36.5 Å². The second kappa shape index (κ2) is 6.13. The van der Waals surface area contributed by atoms with Crippen LogP contribution in [-0.4, -0.2) is 21.0 Å². The molecule has 0 amide bonds. The number of rotatable bonds is 6. The largest absolute Gasteiger partial charge is 0.462 e. The van der Waals surface area contributed by atoms with Gasteiger partial charge in [-0.15, -0.1) is 11.3 Å². The van der Waals surface area contributed by atoms with Crippen molar-refractivity contribution >= 4 is 27.3 Å². The van der Waals surface area contributed by atoms with E-state index in [4.69, 9.17) is 9.88 Å². The Balaban J connectivity index is 2.56. The molecular formula is C10H15NO4S2. The SMILES string of the molecule is CCCCCOC(=O)c1csc(S(N)(=O)=O)c1. The zero-order valence-electron chi connectivity index (χ0n) is 9.51. The number of esters is 1. The number of unbranched alkanes of at least 4 members (excludes halogenated alkanes) is 2. The molecule has 1 rings (SSSR count). The highest BCUT2D eigenvalue weighted by Gasteiger charge is 2.15. The third kappa shape index (κ3) is 4.45. The lowest BCUT2D eigenvalue weighted by atomic mass is 10.3. The van der Waals surface area contributed by atoms with Crippen molar-refractivity contribution in [2.24, 2.45) is 5.14 Å². The molecule has 5 nitrogen and oxygen atoms in total. The average Bonchev–Trinajstić information content (AvgIpc) is 2.72. The van der Waals surface area contributed by atoms with Gasteiger partial charge >= 0.3 is 5.97 Å². The summed E-state index contributed by atoms with van der Waals surface area (Å²) in [7, 11) is -3.73. The molecule has 1 aromatic heterocycles. The van der Waals surface area contributed by atoms with Crippen molar-refractivity contribution in [1.29, 1.82) is 0 Å². The standard InChI is InChI=1S/C10H15NO4S2/c1-2-3-4-5-15-10(12)8-6-9(16-7-8)17(11,13)14/h6-7H,2-5H2,1H3,(H2,11,13,14). The van der Waals surface area contributed by atoms with E-state index in [2.05, 4.69) is 6.92 Å². The minimum atomic E-state index is -3.73. The summed E-state index contributed by atoms with van der Waals surface area (Å²) >= 11 is 0.915. The Morgan fingerprint density at radius 1 is 1.47 bits per heavy atom. The number of carbonyl (C=O) groups excluding carboxylic acids is 1. The number of nitrogens with two attached hydrogens (primary N) is 1. The second-order valence-electron chi connectivity index (χ2n) is 3.54. The van der Waals surface area contributed by atoms with Gasteiger partial charge in [-0.1, -0.05) is 19.8 Å². The highest BCUT2D eigenvalue weighted by molar-refractivity contribution is 7.91. The van der Waals surface area contributed by atoms with Crippen LogP contribution in [0.15, 0.2) is 15.7 Å². The van der Waals surface area contributed by atoms with Crippen LogP contribution in [0.2, 0.25) is 0 Å². The zero-order chi connectivity index (χ0) is 12.9. The molecule has 0 bridgehead atoms. The van der Waals surface area contributed by atoms with Gasteiger partial charge in [-0.2, -0.15) is 0 Å².